The fourth-order valence-electron chi connectivity index (χ4n) is 1.01. The fraction of sp³-hybridized carbons (Fsp3) is 1.00. The van der Waals surface area contributed by atoms with E-state index in [1.54, 1.807) is 0 Å². The molecule has 0 aromatic rings. The summed E-state index contributed by atoms with van der Waals surface area (Å²) in [6.45, 7) is 18.7. The molecule has 0 rings (SSSR count). The van der Waals surface area contributed by atoms with Crippen LogP contribution < -0.4 is 0 Å². The number of hydrogen-bond acceptors (Lipinski definition) is 4. The molecule has 0 aromatic carbocycles. The summed E-state index contributed by atoms with van der Waals surface area (Å²) < 4.78 is 0. The summed E-state index contributed by atoms with van der Waals surface area (Å²) in [6.07, 6.45) is 0.0333. The van der Waals surface area contributed by atoms with Crippen molar-refractivity contribution in [1.29, 1.82) is 0 Å². The van der Waals surface area contributed by atoms with Crippen LogP contribution in [0.2, 0.25) is 5.82 Å². The van der Waals surface area contributed by atoms with Gasteiger partial charge in [0.25, 0.3) is 0 Å². The van der Waals surface area contributed by atoms with Gasteiger partial charge in [0.15, 0.2) is 0 Å². The van der Waals surface area contributed by atoms with Crippen LogP contribution in [0.25, 0.3) is 0 Å². The molecule has 0 aromatic heterocycles. The van der Waals surface area contributed by atoms with Crippen LogP contribution in [0.4, 0.5) is 0 Å². The smallest absolute Gasteiger partial charge is 0.261 e. The highest BCUT2D eigenvalue weighted by atomic mass is 17.3. The predicted octanol–water partition coefficient (Wildman–Crippen LogP) is 4.51. The highest BCUT2D eigenvalue weighted by Crippen LogP contribution is 2.24. The SMILES string of the molecule is CC(C)C(C)OOB(OOC(C)C(C)C)C(C)C(C)C. The van der Waals surface area contributed by atoms with Crippen LogP contribution in [0.3, 0.4) is 0 Å². The van der Waals surface area contributed by atoms with E-state index in [1.165, 1.54) is 0 Å². The third-order valence-electron chi connectivity index (χ3n) is 3.96. The number of hydrogen-bond donors (Lipinski definition) is 0. The van der Waals surface area contributed by atoms with Gasteiger partial charge in [-0.25, -0.2) is 9.78 Å². The Morgan fingerprint density at radius 1 is 0.550 bits per heavy atom. The molecule has 4 nitrogen and oxygen atoms in total. The van der Waals surface area contributed by atoms with Crippen LogP contribution in [-0.4, -0.2) is 19.3 Å². The third-order valence-corrected chi connectivity index (χ3v) is 3.96. The molecule has 120 valence electrons. The zero-order chi connectivity index (χ0) is 15.9. The second-order valence-corrected chi connectivity index (χ2v) is 6.75. The Morgan fingerprint density at radius 3 is 1.15 bits per heavy atom. The molecule has 20 heavy (non-hydrogen) atoms. The summed E-state index contributed by atoms with van der Waals surface area (Å²) in [5.41, 5.74) is 0. The summed E-state index contributed by atoms with van der Waals surface area (Å²) in [5, 5.41) is 0. The van der Waals surface area contributed by atoms with E-state index in [0.717, 1.165) is 0 Å². The third kappa shape index (κ3) is 7.62. The molecule has 0 saturated heterocycles. The van der Waals surface area contributed by atoms with Gasteiger partial charge in [-0.15, -0.1) is 0 Å². The van der Waals surface area contributed by atoms with Gasteiger partial charge in [-0.2, -0.15) is 0 Å². The molecule has 5 heteroatoms. The van der Waals surface area contributed by atoms with Crippen molar-refractivity contribution in [3.63, 3.8) is 0 Å². The average Bonchev–Trinajstić information content (AvgIpc) is 2.36. The van der Waals surface area contributed by atoms with E-state index in [4.69, 9.17) is 19.4 Å². The van der Waals surface area contributed by atoms with E-state index >= 15 is 0 Å². The summed E-state index contributed by atoms with van der Waals surface area (Å²) in [5.74, 6) is 1.37. The molecule has 0 amide bonds. The van der Waals surface area contributed by atoms with Crippen molar-refractivity contribution in [1.82, 2.24) is 0 Å². The van der Waals surface area contributed by atoms with Crippen molar-refractivity contribution in [2.75, 3.05) is 0 Å². The van der Waals surface area contributed by atoms with Gasteiger partial charge < -0.3 is 0 Å². The lowest BCUT2D eigenvalue weighted by Gasteiger charge is -2.25. The maximum Gasteiger partial charge on any atom is 0.524 e. The van der Waals surface area contributed by atoms with Gasteiger partial charge in [0.2, 0.25) is 0 Å². The first-order chi connectivity index (χ1) is 9.16. The van der Waals surface area contributed by atoms with Crippen molar-refractivity contribution in [2.24, 2.45) is 17.8 Å². The molecule has 0 aliphatic rings. The Bertz CT molecular complexity index is 228. The summed E-state index contributed by atoms with van der Waals surface area (Å²) in [4.78, 5) is 21.8. The molecule has 0 heterocycles. The molecule has 3 unspecified atom stereocenters. The first kappa shape index (κ1) is 19.9. The standard InChI is InChI=1S/C15H33BO4/c1-10(2)13(7)16(19-17-14(8)11(3)4)20-18-15(9)12(5)6/h10-15H,1-9H3. The van der Waals surface area contributed by atoms with Crippen molar-refractivity contribution in [3.8, 4) is 0 Å². The summed E-state index contributed by atoms with van der Waals surface area (Å²) in [6, 6.07) is 0. The van der Waals surface area contributed by atoms with Crippen LogP contribution in [0, 0.1) is 17.8 Å². The van der Waals surface area contributed by atoms with E-state index in [0.29, 0.717) is 17.8 Å². The second-order valence-electron chi connectivity index (χ2n) is 6.75. The Labute approximate surface area is 125 Å². The Morgan fingerprint density at radius 2 is 0.900 bits per heavy atom. The molecular formula is C15H33BO4. The van der Waals surface area contributed by atoms with E-state index in [1.807, 2.05) is 13.8 Å². The van der Waals surface area contributed by atoms with Crippen molar-refractivity contribution in [3.05, 3.63) is 0 Å². The molecule has 0 bridgehead atoms. The minimum atomic E-state index is -0.516. The van der Waals surface area contributed by atoms with Gasteiger partial charge in [0, 0.05) is 0 Å². The molecule has 0 spiro atoms. The molecule has 0 aliphatic heterocycles. The lowest BCUT2D eigenvalue weighted by Crippen LogP contribution is -2.34. The molecule has 0 N–H and O–H groups in total. The average molecular weight is 288 g/mol. The van der Waals surface area contributed by atoms with Crippen LogP contribution in [0.1, 0.15) is 62.3 Å². The minimum Gasteiger partial charge on any atom is -0.261 e. The Hall–Kier alpha value is -0.0951. The summed E-state index contributed by atoms with van der Waals surface area (Å²) >= 11 is 0. The van der Waals surface area contributed by atoms with E-state index in [-0.39, 0.29) is 18.0 Å². The van der Waals surface area contributed by atoms with Gasteiger partial charge in [-0.1, -0.05) is 48.5 Å². The molecule has 0 radical (unpaired) electrons. The minimum absolute atomic E-state index is 0.0167. The van der Waals surface area contributed by atoms with E-state index in [2.05, 4.69) is 48.5 Å². The van der Waals surface area contributed by atoms with Crippen LogP contribution >= 0.6 is 0 Å². The largest absolute Gasteiger partial charge is 0.524 e. The van der Waals surface area contributed by atoms with Crippen molar-refractivity contribution in [2.45, 2.75) is 80.3 Å². The van der Waals surface area contributed by atoms with Crippen molar-refractivity contribution >= 4 is 7.12 Å². The lowest BCUT2D eigenvalue weighted by atomic mass is 9.68. The second kappa shape index (κ2) is 9.77. The fourth-order valence-corrected chi connectivity index (χ4v) is 1.01. The van der Waals surface area contributed by atoms with Gasteiger partial charge in [0.1, 0.15) is 0 Å². The highest BCUT2D eigenvalue weighted by Gasteiger charge is 2.33. The highest BCUT2D eigenvalue weighted by molar-refractivity contribution is 6.45. The van der Waals surface area contributed by atoms with Crippen LogP contribution in [-0.2, 0) is 19.4 Å². The van der Waals surface area contributed by atoms with Gasteiger partial charge >= 0.3 is 7.12 Å². The molecule has 0 fully saturated rings. The lowest BCUT2D eigenvalue weighted by molar-refractivity contribution is -0.320. The van der Waals surface area contributed by atoms with Gasteiger partial charge in [0.05, 0.1) is 12.2 Å². The zero-order valence-corrected chi connectivity index (χ0v) is 14.7. The topological polar surface area (TPSA) is 36.9 Å². The normalized spacial score (nSPS) is 16.8. The predicted molar refractivity (Wildman–Crippen MR) is 83.0 cm³/mol. The molecule has 3 atom stereocenters. The Kier molecular flexibility index (Phi) is 9.72. The van der Waals surface area contributed by atoms with E-state index in [9.17, 15) is 0 Å². The first-order valence-corrected chi connectivity index (χ1v) is 7.81. The quantitative estimate of drug-likeness (QED) is 0.337. The van der Waals surface area contributed by atoms with Gasteiger partial charge in [-0.05, 0) is 37.4 Å². The monoisotopic (exact) mass is 288 g/mol. The van der Waals surface area contributed by atoms with Crippen LogP contribution in [0.5, 0.6) is 0 Å². The maximum atomic E-state index is 5.47. The summed E-state index contributed by atoms with van der Waals surface area (Å²) in [7, 11) is -0.516. The molecular weight excluding hydrogens is 255 g/mol. The van der Waals surface area contributed by atoms with Crippen LogP contribution in [0.15, 0.2) is 0 Å². The maximum absolute atomic E-state index is 5.47. The molecule has 0 aliphatic carbocycles. The number of rotatable bonds is 10. The Balaban J connectivity index is 4.42. The van der Waals surface area contributed by atoms with E-state index < -0.39 is 7.12 Å². The first-order valence-electron chi connectivity index (χ1n) is 7.81. The van der Waals surface area contributed by atoms with Gasteiger partial charge in [-0.3, -0.25) is 9.61 Å². The molecule has 0 saturated carbocycles. The zero-order valence-electron chi connectivity index (χ0n) is 14.7. The van der Waals surface area contributed by atoms with Crippen molar-refractivity contribution < 1.29 is 19.4 Å².